The Hall–Kier alpha value is -1.88. The van der Waals surface area contributed by atoms with Gasteiger partial charge in [-0.3, -0.25) is 20.8 Å². The number of aromatic nitrogens is 2. The van der Waals surface area contributed by atoms with Gasteiger partial charge in [-0.15, -0.1) is 0 Å². The third-order valence-electron chi connectivity index (χ3n) is 4.04. The zero-order chi connectivity index (χ0) is 23.0. The first-order valence-corrected chi connectivity index (χ1v) is 13.2. The zero-order valence-electron chi connectivity index (χ0n) is 18.3. The van der Waals surface area contributed by atoms with E-state index in [-0.39, 0.29) is 0 Å². The van der Waals surface area contributed by atoms with E-state index in [1.54, 1.807) is 48.3 Å². The molecule has 0 fully saturated rings. The zero-order valence-corrected chi connectivity index (χ0v) is 21.5. The Balaban J connectivity index is 1.82. The van der Waals surface area contributed by atoms with Gasteiger partial charge < -0.3 is 0 Å². The van der Waals surface area contributed by atoms with Gasteiger partial charge in [-0.2, -0.15) is 10.2 Å². The molecular formula is C22H28N6S4. The summed E-state index contributed by atoms with van der Waals surface area (Å²) in [7, 11) is 0. The Kier molecular flexibility index (Phi) is 13.1. The second-order valence-corrected chi connectivity index (χ2v) is 10.2. The summed E-state index contributed by atoms with van der Waals surface area (Å²) in [4.78, 5) is 8.94. The van der Waals surface area contributed by atoms with Crippen molar-refractivity contribution in [2.24, 2.45) is 10.2 Å². The molecule has 2 rings (SSSR count). The van der Waals surface area contributed by atoms with Gasteiger partial charge in [-0.1, -0.05) is 74.6 Å². The molecule has 0 aliphatic heterocycles. The van der Waals surface area contributed by atoms with E-state index in [2.05, 4.69) is 44.9 Å². The van der Waals surface area contributed by atoms with E-state index in [9.17, 15) is 0 Å². The minimum atomic E-state index is 0.680. The maximum absolute atomic E-state index is 5.23. The number of thioether (sulfide) groups is 2. The summed E-state index contributed by atoms with van der Waals surface area (Å²) in [5, 5.41) is 8.34. The van der Waals surface area contributed by atoms with Gasteiger partial charge in [0.25, 0.3) is 0 Å². The van der Waals surface area contributed by atoms with Crippen LogP contribution in [0.5, 0.6) is 0 Å². The standard InChI is InChI=1S/C22H28N6S4/c1-3-5-11-31-21(29)27-25-15-17-7-9-19(23-13-17)20-10-8-18(14-24-20)16-26-28-22(30)32-12-6-4-2/h7-10,13-16H,3-6,11-12H2,1-2H3,(H,27,29)(H,28,30)/b25-15-,26-16-. The molecule has 2 N–H and O–H groups in total. The predicted octanol–water partition coefficient (Wildman–Crippen LogP) is 5.63. The minimum absolute atomic E-state index is 0.680. The van der Waals surface area contributed by atoms with Crippen molar-refractivity contribution < 1.29 is 0 Å². The van der Waals surface area contributed by atoms with E-state index in [1.165, 1.54) is 0 Å². The number of thiocarbonyl (C=S) groups is 2. The molecule has 2 aromatic rings. The highest BCUT2D eigenvalue weighted by molar-refractivity contribution is 8.23. The van der Waals surface area contributed by atoms with E-state index in [0.29, 0.717) is 8.64 Å². The normalized spacial score (nSPS) is 11.2. The summed E-state index contributed by atoms with van der Waals surface area (Å²) >= 11 is 13.7. The van der Waals surface area contributed by atoms with Gasteiger partial charge in [0.15, 0.2) is 8.64 Å². The third kappa shape index (κ3) is 10.6. The lowest BCUT2D eigenvalue weighted by molar-refractivity contribution is 0.897. The Labute approximate surface area is 209 Å². The number of nitrogens with one attached hydrogen (secondary N) is 2. The first-order chi connectivity index (χ1) is 15.6. The molecule has 0 bridgehead atoms. The van der Waals surface area contributed by atoms with Gasteiger partial charge in [-0.05, 0) is 37.1 Å². The summed E-state index contributed by atoms with van der Waals surface area (Å²) < 4.78 is 1.36. The van der Waals surface area contributed by atoms with Crippen LogP contribution in [0.25, 0.3) is 11.4 Å². The van der Waals surface area contributed by atoms with Crippen molar-refractivity contribution in [1.82, 2.24) is 20.8 Å². The molecule has 0 radical (unpaired) electrons. The predicted molar refractivity (Wildman–Crippen MR) is 149 cm³/mol. The summed E-state index contributed by atoms with van der Waals surface area (Å²) in [6.45, 7) is 4.32. The second kappa shape index (κ2) is 15.8. The van der Waals surface area contributed by atoms with Gasteiger partial charge >= 0.3 is 0 Å². The van der Waals surface area contributed by atoms with E-state index < -0.39 is 0 Å². The van der Waals surface area contributed by atoms with Crippen LogP contribution in [0.2, 0.25) is 0 Å². The number of hydrogen-bond acceptors (Lipinski definition) is 8. The van der Waals surface area contributed by atoms with E-state index >= 15 is 0 Å². The number of rotatable bonds is 11. The third-order valence-corrected chi connectivity index (χ3v) is 6.62. The average molecular weight is 505 g/mol. The molecule has 0 unspecified atom stereocenters. The molecule has 0 amide bonds. The van der Waals surface area contributed by atoms with E-state index in [4.69, 9.17) is 24.4 Å². The topological polar surface area (TPSA) is 74.6 Å². The van der Waals surface area contributed by atoms with Gasteiger partial charge in [0.2, 0.25) is 0 Å². The van der Waals surface area contributed by atoms with E-state index in [0.717, 1.165) is 59.7 Å². The molecule has 2 heterocycles. The monoisotopic (exact) mass is 504 g/mol. The van der Waals surface area contributed by atoms with Crippen LogP contribution in [0.3, 0.4) is 0 Å². The molecule has 6 nitrogen and oxygen atoms in total. The van der Waals surface area contributed by atoms with Crippen LogP contribution in [0.15, 0.2) is 46.9 Å². The van der Waals surface area contributed by atoms with Crippen molar-refractivity contribution in [2.45, 2.75) is 39.5 Å². The van der Waals surface area contributed by atoms with Crippen LogP contribution in [-0.2, 0) is 0 Å². The first kappa shape index (κ1) is 26.4. The summed E-state index contributed by atoms with van der Waals surface area (Å²) in [5.41, 5.74) is 9.09. The first-order valence-electron chi connectivity index (χ1n) is 10.5. The fourth-order valence-corrected chi connectivity index (χ4v) is 4.35. The van der Waals surface area contributed by atoms with Gasteiger partial charge in [-0.25, -0.2) is 0 Å². The molecule has 0 aliphatic carbocycles. The molecule has 32 heavy (non-hydrogen) atoms. The van der Waals surface area contributed by atoms with Crippen molar-refractivity contribution in [2.75, 3.05) is 11.5 Å². The lowest BCUT2D eigenvalue weighted by Crippen LogP contribution is -2.11. The maximum atomic E-state index is 5.23. The molecule has 2 aromatic heterocycles. The highest BCUT2D eigenvalue weighted by Crippen LogP contribution is 2.14. The number of pyridine rings is 2. The second-order valence-electron chi connectivity index (χ2n) is 6.67. The summed E-state index contributed by atoms with van der Waals surface area (Å²) in [6.07, 6.45) is 11.5. The molecule has 170 valence electrons. The number of nitrogens with zero attached hydrogens (tertiary/aromatic N) is 4. The van der Waals surface area contributed by atoms with Crippen LogP contribution in [0, 0.1) is 0 Å². The number of unbranched alkanes of at least 4 members (excludes halogenated alkanes) is 2. The lowest BCUT2D eigenvalue weighted by atomic mass is 10.2. The Bertz CT molecular complexity index is 822. The lowest BCUT2D eigenvalue weighted by Gasteiger charge is -2.03. The van der Waals surface area contributed by atoms with Crippen LogP contribution in [-0.4, -0.2) is 42.5 Å². The fraction of sp³-hybridized carbons (Fsp3) is 0.364. The quantitative estimate of drug-likeness (QED) is 0.177. The van der Waals surface area contributed by atoms with Crippen molar-refractivity contribution >= 4 is 69.0 Å². The molecule has 0 spiro atoms. The molecule has 0 atom stereocenters. The van der Waals surface area contributed by atoms with Gasteiger partial charge in [0.1, 0.15) is 0 Å². The van der Waals surface area contributed by atoms with Crippen molar-refractivity contribution in [3.63, 3.8) is 0 Å². The average Bonchev–Trinajstić information content (AvgIpc) is 2.80. The highest BCUT2D eigenvalue weighted by Gasteiger charge is 2.01. The van der Waals surface area contributed by atoms with Crippen molar-refractivity contribution in [1.29, 1.82) is 0 Å². The fourth-order valence-electron chi connectivity index (χ4n) is 2.27. The minimum Gasteiger partial charge on any atom is -0.262 e. The Morgan fingerprint density at radius 3 is 1.59 bits per heavy atom. The smallest absolute Gasteiger partial charge is 0.154 e. The maximum Gasteiger partial charge on any atom is 0.154 e. The van der Waals surface area contributed by atoms with Crippen LogP contribution < -0.4 is 10.9 Å². The number of hydrazone groups is 2. The molecule has 0 saturated heterocycles. The van der Waals surface area contributed by atoms with Crippen molar-refractivity contribution in [3.8, 4) is 11.4 Å². The Morgan fingerprint density at radius 1 is 0.812 bits per heavy atom. The highest BCUT2D eigenvalue weighted by atomic mass is 32.2. The van der Waals surface area contributed by atoms with E-state index in [1.807, 2.05) is 24.3 Å². The van der Waals surface area contributed by atoms with Crippen molar-refractivity contribution in [3.05, 3.63) is 47.8 Å². The van der Waals surface area contributed by atoms with Crippen LogP contribution >= 0.6 is 48.0 Å². The molecular weight excluding hydrogens is 477 g/mol. The molecule has 0 saturated carbocycles. The Morgan fingerprint density at radius 2 is 1.25 bits per heavy atom. The molecule has 0 aromatic carbocycles. The van der Waals surface area contributed by atoms with Crippen LogP contribution in [0.1, 0.15) is 50.7 Å². The SMILES string of the molecule is CCCCSC(=S)N/N=C\c1ccc(-c2ccc(/C=N\NC(=S)SCCCC)cn2)nc1. The summed E-state index contributed by atoms with van der Waals surface area (Å²) in [6, 6.07) is 7.72. The largest absolute Gasteiger partial charge is 0.262 e. The van der Waals surface area contributed by atoms with Gasteiger partial charge in [0, 0.05) is 35.0 Å². The number of hydrogen-bond donors (Lipinski definition) is 2. The van der Waals surface area contributed by atoms with Gasteiger partial charge in [0.05, 0.1) is 23.8 Å². The molecule has 10 heteroatoms. The molecule has 0 aliphatic rings. The summed E-state index contributed by atoms with van der Waals surface area (Å²) in [5.74, 6) is 2.02. The van der Waals surface area contributed by atoms with Crippen LogP contribution in [0.4, 0.5) is 0 Å².